The highest BCUT2D eigenvalue weighted by atomic mass is 16.5. The number of ether oxygens (including phenoxy) is 2. The average molecular weight is 342 g/mol. The number of benzene rings is 1. The lowest BCUT2D eigenvalue weighted by atomic mass is 10.1. The Balaban J connectivity index is 2.69. The number of hydrogen-bond donors (Lipinski definition) is 4. The number of rotatable bonds is 10. The average Bonchev–Trinajstić information content (AvgIpc) is 2.58. The van der Waals surface area contributed by atoms with Crippen molar-refractivity contribution in [3.05, 3.63) is 35.4 Å². The van der Waals surface area contributed by atoms with E-state index in [0.29, 0.717) is 0 Å². The number of aliphatic hydroxyl groups excluding tert-OH is 4. The van der Waals surface area contributed by atoms with Crippen molar-refractivity contribution in [2.24, 2.45) is 0 Å². The van der Waals surface area contributed by atoms with Crippen LogP contribution in [0.15, 0.2) is 24.3 Å². The van der Waals surface area contributed by atoms with Gasteiger partial charge in [-0.25, -0.2) is 9.59 Å². The zero-order valence-corrected chi connectivity index (χ0v) is 13.1. The molecule has 0 spiro atoms. The molecule has 0 bridgehead atoms. The van der Waals surface area contributed by atoms with Gasteiger partial charge in [-0.2, -0.15) is 0 Å². The van der Waals surface area contributed by atoms with Crippen molar-refractivity contribution >= 4 is 11.9 Å². The number of aliphatic hydroxyl groups is 4. The van der Waals surface area contributed by atoms with Crippen molar-refractivity contribution in [2.45, 2.75) is 25.0 Å². The van der Waals surface area contributed by atoms with Gasteiger partial charge in [0.05, 0.1) is 23.3 Å². The topological polar surface area (TPSA) is 134 Å². The molecular formula is C16H22O8. The molecule has 0 fully saturated rings. The van der Waals surface area contributed by atoms with Gasteiger partial charge in [0.15, 0.2) is 0 Å². The van der Waals surface area contributed by atoms with Crippen LogP contribution < -0.4 is 0 Å². The Kier molecular flexibility index (Phi) is 8.95. The van der Waals surface area contributed by atoms with Crippen molar-refractivity contribution in [1.29, 1.82) is 0 Å². The zero-order chi connectivity index (χ0) is 17.9. The van der Waals surface area contributed by atoms with Crippen LogP contribution in [-0.4, -0.2) is 71.0 Å². The first kappa shape index (κ1) is 20.0. The van der Waals surface area contributed by atoms with Gasteiger partial charge in [-0.1, -0.05) is 12.1 Å². The molecule has 0 aliphatic carbocycles. The van der Waals surface area contributed by atoms with Gasteiger partial charge in [-0.15, -0.1) is 0 Å². The highest BCUT2D eigenvalue weighted by Crippen LogP contribution is 2.13. The fourth-order valence-electron chi connectivity index (χ4n) is 1.80. The summed E-state index contributed by atoms with van der Waals surface area (Å²) in [7, 11) is 0. The Hall–Kier alpha value is -2.00. The van der Waals surface area contributed by atoms with E-state index in [9.17, 15) is 19.8 Å². The summed E-state index contributed by atoms with van der Waals surface area (Å²) in [5, 5.41) is 36.2. The minimum atomic E-state index is -0.994. The van der Waals surface area contributed by atoms with E-state index >= 15 is 0 Å². The normalized spacial score (nSPS) is 13.2. The number of esters is 2. The Morgan fingerprint density at radius 3 is 1.54 bits per heavy atom. The molecule has 4 N–H and O–H groups in total. The quantitative estimate of drug-likeness (QED) is 0.418. The Morgan fingerprint density at radius 1 is 0.833 bits per heavy atom. The van der Waals surface area contributed by atoms with Crippen LogP contribution in [0.1, 0.15) is 33.6 Å². The molecule has 0 saturated carbocycles. The molecular weight excluding hydrogens is 320 g/mol. The molecule has 0 aromatic heterocycles. The van der Waals surface area contributed by atoms with Crippen LogP contribution in [0.3, 0.4) is 0 Å². The van der Waals surface area contributed by atoms with Crippen LogP contribution in [0.2, 0.25) is 0 Å². The first-order chi connectivity index (χ1) is 11.5. The maximum Gasteiger partial charge on any atom is 0.339 e. The molecule has 0 aliphatic heterocycles. The molecule has 0 amide bonds. The van der Waals surface area contributed by atoms with Crippen molar-refractivity contribution in [3.8, 4) is 0 Å². The smallest absolute Gasteiger partial charge is 0.339 e. The summed E-state index contributed by atoms with van der Waals surface area (Å²) in [5.74, 6) is -1.62. The van der Waals surface area contributed by atoms with Crippen LogP contribution in [-0.2, 0) is 9.47 Å². The monoisotopic (exact) mass is 342 g/mol. The van der Waals surface area contributed by atoms with Crippen molar-refractivity contribution in [2.75, 3.05) is 26.4 Å². The van der Waals surface area contributed by atoms with Crippen LogP contribution >= 0.6 is 0 Å². The Morgan fingerprint density at radius 2 is 1.21 bits per heavy atom. The second-order valence-electron chi connectivity index (χ2n) is 5.07. The minimum absolute atomic E-state index is 0.0321. The first-order valence-electron chi connectivity index (χ1n) is 7.50. The lowest BCUT2D eigenvalue weighted by Crippen LogP contribution is -2.23. The molecule has 8 nitrogen and oxygen atoms in total. The highest BCUT2D eigenvalue weighted by Gasteiger charge is 2.20. The first-order valence-corrected chi connectivity index (χ1v) is 7.50. The molecule has 134 valence electrons. The lowest BCUT2D eigenvalue weighted by molar-refractivity contribution is 0.0164. The second-order valence-corrected chi connectivity index (χ2v) is 5.07. The molecule has 2 atom stereocenters. The standard InChI is InChI=1S/C16H22O8/c17-7-5-11(19)9-23-15(21)13-3-1-2-4-14(13)16(22)24-10-12(20)6-8-18/h1-4,11-12,17-20H,5-10H2. The van der Waals surface area contributed by atoms with Crippen LogP contribution in [0.25, 0.3) is 0 Å². The van der Waals surface area contributed by atoms with Gasteiger partial charge in [0.2, 0.25) is 0 Å². The van der Waals surface area contributed by atoms with E-state index in [1.54, 1.807) is 0 Å². The number of hydrogen-bond acceptors (Lipinski definition) is 8. The fourth-order valence-corrected chi connectivity index (χ4v) is 1.80. The van der Waals surface area contributed by atoms with Crippen LogP contribution in [0.5, 0.6) is 0 Å². The summed E-state index contributed by atoms with van der Waals surface area (Å²) in [6, 6.07) is 5.83. The van der Waals surface area contributed by atoms with Gasteiger partial charge < -0.3 is 29.9 Å². The largest absolute Gasteiger partial charge is 0.459 e. The molecule has 0 saturated heterocycles. The summed E-state index contributed by atoms with van der Waals surface area (Å²) in [6.45, 7) is -1.09. The summed E-state index contributed by atoms with van der Waals surface area (Å²) in [4.78, 5) is 24.1. The highest BCUT2D eigenvalue weighted by molar-refractivity contribution is 6.03. The van der Waals surface area contributed by atoms with Gasteiger partial charge in [0.1, 0.15) is 13.2 Å². The van der Waals surface area contributed by atoms with Gasteiger partial charge in [0.25, 0.3) is 0 Å². The molecule has 1 aromatic rings. The molecule has 0 radical (unpaired) electrons. The Labute approximate surface area is 139 Å². The molecule has 0 aliphatic rings. The third-order valence-electron chi connectivity index (χ3n) is 3.11. The minimum Gasteiger partial charge on any atom is -0.459 e. The Bertz CT molecular complexity index is 484. The summed E-state index contributed by atoms with van der Waals surface area (Å²) < 4.78 is 9.81. The van der Waals surface area contributed by atoms with E-state index in [4.69, 9.17) is 19.7 Å². The van der Waals surface area contributed by atoms with Crippen LogP contribution in [0.4, 0.5) is 0 Å². The molecule has 1 rings (SSSR count). The van der Waals surface area contributed by atoms with Gasteiger partial charge >= 0.3 is 11.9 Å². The van der Waals surface area contributed by atoms with E-state index in [0.717, 1.165) is 0 Å². The predicted octanol–water partition coefficient (Wildman–Crippen LogP) is -0.513. The molecule has 24 heavy (non-hydrogen) atoms. The summed E-state index contributed by atoms with van der Waals surface area (Å²) in [5.41, 5.74) is -0.0642. The van der Waals surface area contributed by atoms with E-state index in [1.165, 1.54) is 24.3 Å². The zero-order valence-electron chi connectivity index (χ0n) is 13.1. The summed E-state index contributed by atoms with van der Waals surface area (Å²) >= 11 is 0. The lowest BCUT2D eigenvalue weighted by Gasteiger charge is -2.13. The fraction of sp³-hybridized carbons (Fsp3) is 0.500. The molecule has 1 aromatic carbocycles. The van der Waals surface area contributed by atoms with Crippen molar-refractivity contribution < 1.29 is 39.5 Å². The van der Waals surface area contributed by atoms with E-state index < -0.39 is 24.1 Å². The molecule has 8 heteroatoms. The van der Waals surface area contributed by atoms with Gasteiger partial charge in [-0.3, -0.25) is 0 Å². The second kappa shape index (κ2) is 10.7. The third kappa shape index (κ3) is 6.63. The SMILES string of the molecule is O=C(OCC(O)CCO)c1ccccc1C(=O)OCC(O)CCO. The van der Waals surface area contributed by atoms with E-state index in [1.807, 2.05) is 0 Å². The van der Waals surface area contributed by atoms with Crippen molar-refractivity contribution in [1.82, 2.24) is 0 Å². The summed E-state index contributed by atoms with van der Waals surface area (Å²) in [6.07, 6.45) is -1.85. The maximum atomic E-state index is 12.0. The third-order valence-corrected chi connectivity index (χ3v) is 3.11. The van der Waals surface area contributed by atoms with Crippen LogP contribution in [0, 0.1) is 0 Å². The maximum absolute atomic E-state index is 12.0. The predicted molar refractivity (Wildman–Crippen MR) is 82.4 cm³/mol. The van der Waals surface area contributed by atoms with E-state index in [2.05, 4.69) is 0 Å². The van der Waals surface area contributed by atoms with Gasteiger partial charge in [-0.05, 0) is 25.0 Å². The molecule has 2 unspecified atom stereocenters. The number of carbonyl (C=O) groups excluding carboxylic acids is 2. The van der Waals surface area contributed by atoms with Crippen molar-refractivity contribution in [3.63, 3.8) is 0 Å². The number of carbonyl (C=O) groups is 2. The van der Waals surface area contributed by atoms with Gasteiger partial charge in [0, 0.05) is 13.2 Å². The molecule has 0 heterocycles. The van der Waals surface area contributed by atoms with E-state index in [-0.39, 0.29) is 50.4 Å².